The summed E-state index contributed by atoms with van der Waals surface area (Å²) in [7, 11) is -4.41. The van der Waals surface area contributed by atoms with Crippen molar-refractivity contribution in [2.45, 2.75) is 11.2 Å². The molecule has 1 heterocycles. The van der Waals surface area contributed by atoms with Crippen molar-refractivity contribution in [3.63, 3.8) is 0 Å². The van der Waals surface area contributed by atoms with Crippen LogP contribution in [0.2, 0.25) is 0 Å². The summed E-state index contributed by atoms with van der Waals surface area (Å²) in [5.74, 6) is 0. The van der Waals surface area contributed by atoms with Gasteiger partial charge < -0.3 is 0 Å². The normalized spacial score (nSPS) is 12.2. The molecule has 0 aliphatic carbocycles. The smallest absolute Gasteiger partial charge is 0.278 e. The Labute approximate surface area is 113 Å². The Morgan fingerprint density at radius 3 is 2.25 bits per heavy atom. The molecule has 20 heavy (non-hydrogen) atoms. The van der Waals surface area contributed by atoms with Gasteiger partial charge in [-0.3, -0.25) is 4.72 Å². The lowest BCUT2D eigenvalue weighted by Gasteiger charge is -2.13. The quantitative estimate of drug-likeness (QED) is 0.948. The molecule has 4 nitrogen and oxygen atoms in total. The van der Waals surface area contributed by atoms with Gasteiger partial charge in [-0.05, 0) is 24.3 Å². The van der Waals surface area contributed by atoms with Crippen LogP contribution in [0, 0.1) is 0 Å². The summed E-state index contributed by atoms with van der Waals surface area (Å²) < 4.78 is 64.4. The van der Waals surface area contributed by atoms with Crippen molar-refractivity contribution in [1.82, 2.24) is 4.98 Å². The molecule has 1 aromatic carbocycles. The maximum atomic E-state index is 12.8. The Bertz CT molecular complexity index is 700. The summed E-state index contributed by atoms with van der Waals surface area (Å²) in [4.78, 5) is 3.34. The number of nitrogens with zero attached hydrogens (tertiary/aromatic N) is 1. The first-order valence-electron chi connectivity index (χ1n) is 5.41. The largest absolute Gasteiger partial charge is 0.419 e. The Morgan fingerprint density at radius 1 is 1.00 bits per heavy atom. The van der Waals surface area contributed by atoms with Crippen molar-refractivity contribution in [2.75, 3.05) is 4.72 Å². The van der Waals surface area contributed by atoms with Gasteiger partial charge >= 0.3 is 6.18 Å². The van der Waals surface area contributed by atoms with Crippen molar-refractivity contribution in [3.8, 4) is 0 Å². The van der Waals surface area contributed by atoms with E-state index < -0.39 is 26.8 Å². The molecule has 1 N–H and O–H groups in total. The third-order valence-corrected chi connectivity index (χ3v) is 3.70. The van der Waals surface area contributed by atoms with E-state index >= 15 is 0 Å². The fourth-order valence-corrected chi connectivity index (χ4v) is 2.75. The minimum Gasteiger partial charge on any atom is -0.278 e. The number of nitrogens with one attached hydrogen (secondary N) is 1. The van der Waals surface area contributed by atoms with Crippen LogP contribution in [-0.2, 0) is 16.2 Å². The number of sulfonamides is 1. The third kappa shape index (κ3) is 3.08. The molecule has 2 aromatic rings. The number of aromatic nitrogens is 1. The second-order valence-electron chi connectivity index (χ2n) is 3.83. The second kappa shape index (κ2) is 5.12. The predicted octanol–water partition coefficient (Wildman–Crippen LogP) is 2.90. The number of para-hydroxylation sites is 1. The molecule has 0 unspecified atom stereocenters. The molecule has 106 valence electrons. The first-order valence-corrected chi connectivity index (χ1v) is 6.89. The van der Waals surface area contributed by atoms with Crippen LogP contribution in [-0.4, -0.2) is 13.4 Å². The molecule has 0 atom stereocenters. The lowest BCUT2D eigenvalue weighted by molar-refractivity contribution is -0.140. The first-order chi connectivity index (χ1) is 9.31. The van der Waals surface area contributed by atoms with E-state index in [-0.39, 0.29) is 5.69 Å². The Hall–Kier alpha value is -2.09. The van der Waals surface area contributed by atoms with Gasteiger partial charge in [0.25, 0.3) is 10.0 Å². The average Bonchev–Trinajstić information content (AvgIpc) is 2.38. The number of halogens is 3. The van der Waals surface area contributed by atoms with Crippen molar-refractivity contribution >= 4 is 15.7 Å². The Balaban J connectivity index is 2.46. The van der Waals surface area contributed by atoms with E-state index in [4.69, 9.17) is 0 Å². The summed E-state index contributed by atoms with van der Waals surface area (Å²) >= 11 is 0. The number of alkyl halides is 3. The standard InChI is InChI=1S/C12H9F3N2O2S/c13-12(14,15)10-7-4-8-16-11(10)20(18,19)17-9-5-2-1-3-6-9/h1-8,17H. The van der Waals surface area contributed by atoms with E-state index in [1.165, 1.54) is 12.1 Å². The van der Waals surface area contributed by atoms with Crippen LogP contribution in [0.4, 0.5) is 18.9 Å². The number of anilines is 1. The van der Waals surface area contributed by atoms with Gasteiger partial charge in [0.2, 0.25) is 0 Å². The molecular weight excluding hydrogens is 293 g/mol. The van der Waals surface area contributed by atoms with E-state index in [9.17, 15) is 21.6 Å². The predicted molar refractivity (Wildman–Crippen MR) is 66.5 cm³/mol. The zero-order valence-corrected chi connectivity index (χ0v) is 10.7. The molecule has 0 aliphatic heterocycles. The van der Waals surface area contributed by atoms with E-state index in [0.717, 1.165) is 12.3 Å². The molecule has 0 fully saturated rings. The SMILES string of the molecule is O=S(=O)(Nc1ccccc1)c1ncccc1C(F)(F)F. The van der Waals surface area contributed by atoms with Crippen molar-refractivity contribution in [1.29, 1.82) is 0 Å². The molecule has 2 rings (SSSR count). The van der Waals surface area contributed by atoms with Gasteiger partial charge in [-0.1, -0.05) is 18.2 Å². The molecule has 8 heteroatoms. The van der Waals surface area contributed by atoms with Gasteiger partial charge in [0, 0.05) is 11.9 Å². The highest BCUT2D eigenvalue weighted by Crippen LogP contribution is 2.33. The van der Waals surface area contributed by atoms with Crippen molar-refractivity contribution in [2.24, 2.45) is 0 Å². The summed E-state index contributed by atoms with van der Waals surface area (Å²) in [5.41, 5.74) is -1.14. The van der Waals surface area contributed by atoms with Gasteiger partial charge in [0.15, 0.2) is 5.03 Å². The summed E-state index contributed by atoms with van der Waals surface area (Å²) in [5, 5.41) is -1.05. The monoisotopic (exact) mass is 302 g/mol. The maximum Gasteiger partial charge on any atom is 0.419 e. The van der Waals surface area contributed by atoms with E-state index in [1.54, 1.807) is 18.2 Å². The number of benzene rings is 1. The summed E-state index contributed by atoms with van der Waals surface area (Å²) in [6, 6.07) is 9.32. The molecule has 0 spiro atoms. The molecule has 1 aromatic heterocycles. The Kier molecular flexibility index (Phi) is 3.67. The number of rotatable bonds is 3. The Morgan fingerprint density at radius 2 is 1.65 bits per heavy atom. The maximum absolute atomic E-state index is 12.8. The minimum atomic E-state index is -4.80. The fourth-order valence-electron chi connectivity index (χ4n) is 1.53. The van der Waals surface area contributed by atoms with Crippen LogP contribution in [0.3, 0.4) is 0 Å². The summed E-state index contributed by atoms with van der Waals surface area (Å²) in [6.45, 7) is 0. The van der Waals surface area contributed by atoms with Crippen LogP contribution < -0.4 is 4.72 Å². The van der Waals surface area contributed by atoms with Crippen LogP contribution in [0.15, 0.2) is 53.7 Å². The molecule has 0 bridgehead atoms. The van der Waals surface area contributed by atoms with Gasteiger partial charge in [0.1, 0.15) is 0 Å². The molecule has 0 amide bonds. The lowest BCUT2D eigenvalue weighted by atomic mass is 10.3. The third-order valence-electron chi connectivity index (χ3n) is 2.36. The highest BCUT2D eigenvalue weighted by atomic mass is 32.2. The van der Waals surface area contributed by atoms with E-state index in [2.05, 4.69) is 9.71 Å². The lowest BCUT2D eigenvalue weighted by Crippen LogP contribution is -2.20. The highest BCUT2D eigenvalue weighted by molar-refractivity contribution is 7.92. The van der Waals surface area contributed by atoms with Crippen LogP contribution >= 0.6 is 0 Å². The van der Waals surface area contributed by atoms with Gasteiger partial charge in [-0.2, -0.15) is 21.6 Å². The van der Waals surface area contributed by atoms with Crippen molar-refractivity contribution < 1.29 is 21.6 Å². The zero-order valence-electron chi connectivity index (χ0n) is 9.92. The van der Waals surface area contributed by atoms with Crippen molar-refractivity contribution in [3.05, 3.63) is 54.2 Å². The van der Waals surface area contributed by atoms with Crippen LogP contribution in [0.25, 0.3) is 0 Å². The van der Waals surface area contributed by atoms with Gasteiger partial charge in [-0.15, -0.1) is 0 Å². The second-order valence-corrected chi connectivity index (χ2v) is 5.42. The minimum absolute atomic E-state index is 0.159. The number of hydrogen-bond acceptors (Lipinski definition) is 3. The molecule has 0 radical (unpaired) electrons. The molecule has 0 aliphatic rings. The van der Waals surface area contributed by atoms with E-state index in [1.807, 2.05) is 0 Å². The average molecular weight is 302 g/mol. The number of hydrogen-bond donors (Lipinski definition) is 1. The van der Waals surface area contributed by atoms with Gasteiger partial charge in [-0.25, -0.2) is 4.98 Å². The van der Waals surface area contributed by atoms with Gasteiger partial charge in [0.05, 0.1) is 5.56 Å². The first kappa shape index (κ1) is 14.3. The molecular formula is C12H9F3N2O2S. The van der Waals surface area contributed by atoms with Crippen LogP contribution in [0.1, 0.15) is 5.56 Å². The zero-order chi connectivity index (χ0) is 14.8. The summed E-state index contributed by atoms with van der Waals surface area (Å²) in [6.07, 6.45) is -3.80. The van der Waals surface area contributed by atoms with Crippen LogP contribution in [0.5, 0.6) is 0 Å². The highest BCUT2D eigenvalue weighted by Gasteiger charge is 2.38. The fraction of sp³-hybridized carbons (Fsp3) is 0.0833. The van der Waals surface area contributed by atoms with E-state index in [0.29, 0.717) is 6.07 Å². The number of pyridine rings is 1. The molecule has 0 saturated heterocycles. The molecule has 0 saturated carbocycles. The topological polar surface area (TPSA) is 59.1 Å².